The molecule has 180 valence electrons. The summed E-state index contributed by atoms with van der Waals surface area (Å²) < 4.78 is 21.1. The van der Waals surface area contributed by atoms with E-state index >= 15 is 0 Å². The van der Waals surface area contributed by atoms with Crippen LogP contribution in [0.5, 0.6) is 11.5 Å². The Morgan fingerprint density at radius 3 is 1.88 bits per heavy atom. The standard InChI is InChI=1S/C15H22O2.C13H16O3/c1-5-10-16-11-12-17-14-8-6-13(7-9-14)15(2,3)4;1-10(2)13(14)16-9-8-15-12-6-4-11(3)5-7-12/h5-9H,1,10-12H2,2-4H3;4-7H,1,8-9H2,2-3H3. The highest BCUT2D eigenvalue weighted by Gasteiger charge is 2.12. The van der Waals surface area contributed by atoms with Crippen molar-refractivity contribution in [3.8, 4) is 11.5 Å². The lowest BCUT2D eigenvalue weighted by Crippen LogP contribution is -2.12. The lowest BCUT2D eigenvalue weighted by molar-refractivity contribution is -0.139. The zero-order valence-corrected chi connectivity index (χ0v) is 20.7. The SMILES string of the molecule is C=C(C)C(=O)OCCOc1ccc(C)cc1.C=CCOCCOc1ccc(C(C)(C)C)cc1. The van der Waals surface area contributed by atoms with Crippen molar-refractivity contribution in [2.24, 2.45) is 0 Å². The third-order valence-electron chi connectivity index (χ3n) is 4.41. The van der Waals surface area contributed by atoms with Gasteiger partial charge in [-0.3, -0.25) is 0 Å². The quantitative estimate of drug-likeness (QED) is 0.179. The fourth-order valence-electron chi connectivity index (χ4n) is 2.49. The Balaban J connectivity index is 0.000000331. The van der Waals surface area contributed by atoms with Crippen molar-refractivity contribution < 1.29 is 23.7 Å². The van der Waals surface area contributed by atoms with Crippen molar-refractivity contribution in [2.75, 3.05) is 33.0 Å². The highest BCUT2D eigenvalue weighted by molar-refractivity contribution is 5.86. The van der Waals surface area contributed by atoms with Gasteiger partial charge in [-0.1, -0.05) is 63.3 Å². The molecule has 2 rings (SSSR count). The van der Waals surface area contributed by atoms with E-state index in [1.54, 1.807) is 13.0 Å². The molecule has 33 heavy (non-hydrogen) atoms. The van der Waals surface area contributed by atoms with Gasteiger partial charge in [0.15, 0.2) is 0 Å². The highest BCUT2D eigenvalue weighted by atomic mass is 16.6. The first-order chi connectivity index (χ1) is 15.6. The Hall–Kier alpha value is -3.05. The molecule has 5 heteroatoms. The Kier molecular flexibility index (Phi) is 12.6. The Morgan fingerprint density at radius 2 is 1.39 bits per heavy atom. The second-order valence-electron chi connectivity index (χ2n) is 8.56. The van der Waals surface area contributed by atoms with E-state index in [1.165, 1.54) is 11.1 Å². The molecule has 0 aliphatic rings. The average Bonchev–Trinajstić information content (AvgIpc) is 2.78. The van der Waals surface area contributed by atoms with Gasteiger partial charge >= 0.3 is 5.97 Å². The molecule has 0 fully saturated rings. The highest BCUT2D eigenvalue weighted by Crippen LogP contribution is 2.24. The van der Waals surface area contributed by atoms with E-state index in [4.69, 9.17) is 18.9 Å². The van der Waals surface area contributed by atoms with Crippen LogP contribution < -0.4 is 9.47 Å². The first-order valence-electron chi connectivity index (χ1n) is 11.1. The molecule has 0 unspecified atom stereocenters. The topological polar surface area (TPSA) is 54.0 Å². The van der Waals surface area contributed by atoms with Crippen LogP contribution in [0.25, 0.3) is 0 Å². The summed E-state index contributed by atoms with van der Waals surface area (Å²) in [6.07, 6.45) is 1.73. The molecule has 0 heterocycles. The minimum atomic E-state index is -0.382. The van der Waals surface area contributed by atoms with Crippen molar-refractivity contribution in [1.29, 1.82) is 0 Å². The molecule has 0 aromatic heterocycles. The third-order valence-corrected chi connectivity index (χ3v) is 4.41. The lowest BCUT2D eigenvalue weighted by atomic mass is 9.87. The van der Waals surface area contributed by atoms with Gasteiger partial charge in [0.2, 0.25) is 0 Å². The number of carbonyl (C=O) groups is 1. The van der Waals surface area contributed by atoms with Crippen LogP contribution in [0.15, 0.2) is 73.3 Å². The minimum absolute atomic E-state index is 0.186. The predicted octanol–water partition coefficient (Wildman–Crippen LogP) is 6.06. The molecule has 5 nitrogen and oxygen atoms in total. The molecule has 0 atom stereocenters. The number of hydrogen-bond donors (Lipinski definition) is 0. The maximum absolute atomic E-state index is 11.0. The maximum Gasteiger partial charge on any atom is 0.333 e. The van der Waals surface area contributed by atoms with Gasteiger partial charge in [-0.25, -0.2) is 4.79 Å². The van der Waals surface area contributed by atoms with Crippen molar-refractivity contribution >= 4 is 5.97 Å². The monoisotopic (exact) mass is 454 g/mol. The molecule has 2 aromatic rings. The van der Waals surface area contributed by atoms with Crippen LogP contribution in [0.2, 0.25) is 0 Å². The Morgan fingerprint density at radius 1 is 0.879 bits per heavy atom. The van der Waals surface area contributed by atoms with Gasteiger partial charge in [-0.15, -0.1) is 6.58 Å². The summed E-state index contributed by atoms with van der Waals surface area (Å²) >= 11 is 0. The molecule has 0 N–H and O–H groups in total. The summed E-state index contributed by atoms with van der Waals surface area (Å²) in [4.78, 5) is 11.0. The number of ether oxygens (including phenoxy) is 4. The molecule has 0 amide bonds. The van der Waals surface area contributed by atoms with E-state index in [2.05, 4.69) is 46.1 Å². The van der Waals surface area contributed by atoms with Gasteiger partial charge in [-0.2, -0.15) is 0 Å². The molecule has 0 spiro atoms. The van der Waals surface area contributed by atoms with E-state index in [1.807, 2.05) is 43.3 Å². The number of aryl methyl sites for hydroxylation is 1. The van der Waals surface area contributed by atoms with E-state index in [0.717, 1.165) is 11.5 Å². The van der Waals surface area contributed by atoms with Crippen molar-refractivity contribution in [1.82, 2.24) is 0 Å². The third kappa shape index (κ3) is 12.5. The average molecular weight is 455 g/mol. The van der Waals surface area contributed by atoms with Gasteiger partial charge in [0.1, 0.15) is 31.3 Å². The maximum atomic E-state index is 11.0. The Labute approximate surface area is 199 Å². The Bertz CT molecular complexity index is 845. The number of carbonyl (C=O) groups excluding carboxylic acids is 1. The zero-order chi connectivity index (χ0) is 24.7. The summed E-state index contributed by atoms with van der Waals surface area (Å²) in [5, 5.41) is 0. The van der Waals surface area contributed by atoms with Gasteiger partial charge < -0.3 is 18.9 Å². The summed E-state index contributed by atoms with van der Waals surface area (Å²) in [6, 6.07) is 15.9. The van der Waals surface area contributed by atoms with E-state index in [0.29, 0.717) is 32.0 Å². The smallest absolute Gasteiger partial charge is 0.333 e. The zero-order valence-electron chi connectivity index (χ0n) is 20.7. The van der Waals surface area contributed by atoms with Crippen molar-refractivity contribution in [2.45, 2.75) is 40.0 Å². The van der Waals surface area contributed by atoms with Gasteiger partial charge in [-0.05, 0) is 49.1 Å². The molecule has 0 aliphatic carbocycles. The van der Waals surface area contributed by atoms with Crippen molar-refractivity contribution in [3.63, 3.8) is 0 Å². The lowest BCUT2D eigenvalue weighted by Gasteiger charge is -2.19. The number of hydrogen-bond acceptors (Lipinski definition) is 5. The number of benzene rings is 2. The second-order valence-corrected chi connectivity index (χ2v) is 8.56. The molecular formula is C28H38O5. The molecule has 0 aliphatic heterocycles. The summed E-state index contributed by atoms with van der Waals surface area (Å²) in [7, 11) is 0. The molecular weight excluding hydrogens is 416 g/mol. The van der Waals surface area contributed by atoms with E-state index in [9.17, 15) is 4.79 Å². The van der Waals surface area contributed by atoms with Crippen LogP contribution in [0.1, 0.15) is 38.8 Å². The normalized spacial score (nSPS) is 10.5. The fraction of sp³-hybridized carbons (Fsp3) is 0.393. The van der Waals surface area contributed by atoms with Crippen LogP contribution >= 0.6 is 0 Å². The predicted molar refractivity (Wildman–Crippen MR) is 134 cm³/mol. The first kappa shape index (κ1) is 28.0. The first-order valence-corrected chi connectivity index (χ1v) is 11.1. The summed E-state index contributed by atoms with van der Waals surface area (Å²) in [6.45, 7) is 19.6. The van der Waals surface area contributed by atoms with Gasteiger partial charge in [0.05, 0.1) is 13.2 Å². The summed E-state index contributed by atoms with van der Waals surface area (Å²) in [5.41, 5.74) is 3.08. The molecule has 2 aromatic carbocycles. The second kappa shape index (κ2) is 14.9. The summed E-state index contributed by atoms with van der Waals surface area (Å²) in [5.74, 6) is 1.28. The largest absolute Gasteiger partial charge is 0.491 e. The molecule has 0 bridgehead atoms. The van der Waals surface area contributed by atoms with Crippen LogP contribution in [0, 0.1) is 6.92 Å². The molecule has 0 saturated carbocycles. The van der Waals surface area contributed by atoms with Crippen LogP contribution in [-0.4, -0.2) is 39.0 Å². The van der Waals surface area contributed by atoms with Gasteiger partial charge in [0, 0.05) is 5.57 Å². The number of rotatable bonds is 11. The fourth-order valence-corrected chi connectivity index (χ4v) is 2.49. The van der Waals surface area contributed by atoms with Crippen LogP contribution in [0.3, 0.4) is 0 Å². The van der Waals surface area contributed by atoms with E-state index in [-0.39, 0.29) is 18.0 Å². The van der Waals surface area contributed by atoms with E-state index < -0.39 is 0 Å². The van der Waals surface area contributed by atoms with Crippen LogP contribution in [0.4, 0.5) is 0 Å². The molecule has 0 saturated heterocycles. The number of esters is 1. The minimum Gasteiger partial charge on any atom is -0.491 e. The van der Waals surface area contributed by atoms with Crippen molar-refractivity contribution in [3.05, 3.63) is 84.5 Å². The van der Waals surface area contributed by atoms with Gasteiger partial charge in [0.25, 0.3) is 0 Å². The molecule has 0 radical (unpaired) electrons. The van der Waals surface area contributed by atoms with Crippen LogP contribution in [-0.2, 0) is 19.7 Å².